The topological polar surface area (TPSA) is 68.5 Å². The van der Waals surface area contributed by atoms with Crippen molar-refractivity contribution in [3.8, 4) is 5.75 Å². The Kier molecular flexibility index (Phi) is 6.67. The molecule has 7 heteroatoms. The Morgan fingerprint density at radius 1 is 1.21 bits per heavy atom. The van der Waals surface area contributed by atoms with E-state index in [1.807, 2.05) is 69.3 Å². The summed E-state index contributed by atoms with van der Waals surface area (Å²) in [6.45, 7) is 6.19. The van der Waals surface area contributed by atoms with Crippen LogP contribution < -0.4 is 10.2 Å². The summed E-state index contributed by atoms with van der Waals surface area (Å²) in [6, 6.07) is 15.8. The maximum atomic E-state index is 12.0. The van der Waals surface area contributed by atoms with Crippen LogP contribution in [0.4, 0.5) is 0 Å². The van der Waals surface area contributed by atoms with E-state index in [0.29, 0.717) is 23.0 Å². The number of nitrogens with one attached hydrogen (secondary N) is 1. The molecule has 1 N–H and O–H groups in total. The van der Waals surface area contributed by atoms with Crippen molar-refractivity contribution in [3.05, 3.63) is 81.6 Å². The van der Waals surface area contributed by atoms with Crippen molar-refractivity contribution in [1.29, 1.82) is 0 Å². The molecule has 0 aliphatic heterocycles. The highest BCUT2D eigenvalue weighted by molar-refractivity contribution is 6.32. The van der Waals surface area contributed by atoms with Crippen molar-refractivity contribution < 1.29 is 9.53 Å². The summed E-state index contributed by atoms with van der Waals surface area (Å²) in [5.74, 6) is 0.331. The number of hydrazone groups is 1. The molecule has 1 heterocycles. The number of carbonyl (C=O) groups is 1. The maximum Gasteiger partial charge on any atom is 0.277 e. The molecule has 0 aliphatic rings. The van der Waals surface area contributed by atoms with Gasteiger partial charge >= 0.3 is 0 Å². The Morgan fingerprint density at radius 3 is 2.72 bits per heavy atom. The lowest BCUT2D eigenvalue weighted by Gasteiger charge is -2.08. The van der Waals surface area contributed by atoms with E-state index < -0.39 is 0 Å². The summed E-state index contributed by atoms with van der Waals surface area (Å²) in [5, 5.41) is 8.92. The molecule has 6 nitrogen and oxygen atoms in total. The number of aryl methyl sites for hydroxylation is 3. The molecule has 0 radical (unpaired) electrons. The Morgan fingerprint density at radius 2 is 1.97 bits per heavy atom. The normalized spacial score (nSPS) is 11.0. The molecule has 150 valence electrons. The zero-order chi connectivity index (χ0) is 20.8. The molecule has 3 aromatic rings. The molecule has 0 saturated heterocycles. The molecular formula is C22H23ClN4O2. The lowest BCUT2D eigenvalue weighted by Crippen LogP contribution is -2.24. The van der Waals surface area contributed by atoms with Crippen molar-refractivity contribution in [1.82, 2.24) is 15.2 Å². The van der Waals surface area contributed by atoms with Gasteiger partial charge in [0.25, 0.3) is 5.91 Å². The fourth-order valence-electron chi connectivity index (χ4n) is 2.78. The van der Waals surface area contributed by atoms with Crippen LogP contribution in [0.1, 0.15) is 27.9 Å². The Hall–Kier alpha value is -3.12. The van der Waals surface area contributed by atoms with Crippen molar-refractivity contribution in [2.75, 3.05) is 6.61 Å². The van der Waals surface area contributed by atoms with E-state index in [0.717, 1.165) is 22.4 Å². The molecule has 0 spiro atoms. The second-order valence-electron chi connectivity index (χ2n) is 6.78. The molecule has 29 heavy (non-hydrogen) atoms. The van der Waals surface area contributed by atoms with Gasteiger partial charge in [0, 0.05) is 0 Å². The van der Waals surface area contributed by atoms with Crippen molar-refractivity contribution >= 4 is 23.7 Å². The number of ether oxygens (including phenoxy) is 1. The Bertz CT molecular complexity index is 1030. The molecule has 0 atom stereocenters. The summed E-state index contributed by atoms with van der Waals surface area (Å²) in [5.41, 5.74) is 6.99. The van der Waals surface area contributed by atoms with E-state index in [4.69, 9.17) is 16.3 Å². The van der Waals surface area contributed by atoms with Crippen LogP contribution in [0.3, 0.4) is 0 Å². The van der Waals surface area contributed by atoms with Crippen LogP contribution in [0.5, 0.6) is 5.75 Å². The Labute approximate surface area is 175 Å². The summed E-state index contributed by atoms with van der Waals surface area (Å²) >= 11 is 6.44. The number of halogens is 1. The number of benzene rings is 2. The summed E-state index contributed by atoms with van der Waals surface area (Å²) in [7, 11) is 0. The molecule has 3 rings (SSSR count). The second kappa shape index (κ2) is 9.39. The van der Waals surface area contributed by atoms with Crippen LogP contribution in [-0.2, 0) is 11.3 Å². The van der Waals surface area contributed by atoms with Gasteiger partial charge < -0.3 is 4.74 Å². The van der Waals surface area contributed by atoms with Crippen molar-refractivity contribution in [2.24, 2.45) is 5.10 Å². The highest BCUT2D eigenvalue weighted by atomic mass is 35.5. The fraction of sp³-hybridized carbons (Fsp3) is 0.227. The summed E-state index contributed by atoms with van der Waals surface area (Å²) < 4.78 is 7.28. The van der Waals surface area contributed by atoms with Crippen LogP contribution in [-0.4, -0.2) is 28.5 Å². The minimum Gasteiger partial charge on any atom is -0.483 e. The molecule has 2 aromatic carbocycles. The molecular weight excluding hydrogens is 388 g/mol. The largest absolute Gasteiger partial charge is 0.483 e. The van der Waals surface area contributed by atoms with Gasteiger partial charge in [-0.15, -0.1) is 0 Å². The zero-order valence-electron chi connectivity index (χ0n) is 16.6. The van der Waals surface area contributed by atoms with Crippen LogP contribution in [0.15, 0.2) is 53.6 Å². The number of amides is 1. The second-order valence-corrected chi connectivity index (χ2v) is 7.14. The highest BCUT2D eigenvalue weighted by Gasteiger charge is 2.12. The molecule has 0 unspecified atom stereocenters. The minimum absolute atomic E-state index is 0.123. The van der Waals surface area contributed by atoms with E-state index in [9.17, 15) is 4.79 Å². The first-order valence-electron chi connectivity index (χ1n) is 9.23. The Balaban J connectivity index is 1.58. The van der Waals surface area contributed by atoms with Gasteiger partial charge in [-0.3, -0.25) is 4.79 Å². The van der Waals surface area contributed by atoms with Gasteiger partial charge in [0.05, 0.1) is 24.0 Å². The van der Waals surface area contributed by atoms with Gasteiger partial charge in [0.2, 0.25) is 0 Å². The third-order valence-electron chi connectivity index (χ3n) is 4.37. The lowest BCUT2D eigenvalue weighted by molar-refractivity contribution is -0.123. The first-order chi connectivity index (χ1) is 13.9. The van der Waals surface area contributed by atoms with E-state index in [1.54, 1.807) is 4.68 Å². The van der Waals surface area contributed by atoms with Gasteiger partial charge in [0.1, 0.15) is 10.9 Å². The third kappa shape index (κ3) is 5.45. The quantitative estimate of drug-likeness (QED) is 0.472. The highest BCUT2D eigenvalue weighted by Crippen LogP contribution is 2.20. The average Bonchev–Trinajstić information content (AvgIpc) is 2.97. The van der Waals surface area contributed by atoms with Gasteiger partial charge in [-0.05, 0) is 43.5 Å². The number of aromatic nitrogens is 2. The zero-order valence-corrected chi connectivity index (χ0v) is 17.4. The fourth-order valence-corrected chi connectivity index (χ4v) is 3.07. The van der Waals surface area contributed by atoms with Gasteiger partial charge in [-0.25, -0.2) is 10.1 Å². The van der Waals surface area contributed by atoms with E-state index in [1.165, 1.54) is 6.21 Å². The molecule has 1 amide bonds. The van der Waals surface area contributed by atoms with Crippen molar-refractivity contribution in [2.45, 2.75) is 27.3 Å². The van der Waals surface area contributed by atoms with E-state index in [-0.39, 0.29) is 12.5 Å². The molecule has 0 aliphatic carbocycles. The standard InChI is InChI=1S/C22H23ClN4O2/c1-15-9-10-16(2)20(11-15)29-14-21(28)25-24-12-19-17(3)26-27(22(19)23)13-18-7-5-4-6-8-18/h4-12H,13-14H2,1-3H3,(H,25,28)/b24-12-. The lowest BCUT2D eigenvalue weighted by atomic mass is 10.1. The maximum absolute atomic E-state index is 12.0. The van der Waals surface area contributed by atoms with Crippen molar-refractivity contribution in [3.63, 3.8) is 0 Å². The van der Waals surface area contributed by atoms with Gasteiger partial charge in [-0.2, -0.15) is 10.2 Å². The summed E-state index contributed by atoms with van der Waals surface area (Å²) in [4.78, 5) is 12.0. The molecule has 0 bridgehead atoms. The minimum atomic E-state index is -0.354. The van der Waals surface area contributed by atoms with E-state index in [2.05, 4.69) is 15.6 Å². The van der Waals surface area contributed by atoms with E-state index >= 15 is 0 Å². The number of hydrogen-bond acceptors (Lipinski definition) is 4. The first-order valence-corrected chi connectivity index (χ1v) is 9.60. The first kappa shape index (κ1) is 20.6. The van der Waals surface area contributed by atoms with Gasteiger partial charge in [0.15, 0.2) is 6.61 Å². The van der Waals surface area contributed by atoms with Crippen LogP contribution in [0, 0.1) is 20.8 Å². The smallest absolute Gasteiger partial charge is 0.277 e. The predicted molar refractivity (Wildman–Crippen MR) is 115 cm³/mol. The van der Waals surface area contributed by atoms with Gasteiger partial charge in [-0.1, -0.05) is 54.1 Å². The average molecular weight is 411 g/mol. The number of carbonyl (C=O) groups excluding carboxylic acids is 1. The predicted octanol–water partition coefficient (Wildman–Crippen LogP) is 4.04. The number of rotatable bonds is 7. The molecule has 0 saturated carbocycles. The number of nitrogens with zero attached hydrogens (tertiary/aromatic N) is 3. The monoisotopic (exact) mass is 410 g/mol. The van der Waals surface area contributed by atoms with Crippen LogP contribution in [0.2, 0.25) is 5.15 Å². The SMILES string of the molecule is Cc1ccc(C)c(OCC(=O)N/N=C\c2c(C)nn(Cc3ccccc3)c2Cl)c1. The van der Waals surface area contributed by atoms with Crippen LogP contribution in [0.25, 0.3) is 0 Å². The molecule has 0 fully saturated rings. The third-order valence-corrected chi connectivity index (χ3v) is 4.77. The summed E-state index contributed by atoms with van der Waals surface area (Å²) in [6.07, 6.45) is 1.50. The number of hydrogen-bond donors (Lipinski definition) is 1. The van der Waals surface area contributed by atoms with Crippen LogP contribution >= 0.6 is 11.6 Å². The molecule has 1 aromatic heterocycles.